The molecule has 0 radical (unpaired) electrons. The number of carbonyl (C=O) groups is 1. The number of rotatable bonds is 0. The molecule has 1 heterocycles. The van der Waals surface area contributed by atoms with E-state index in [1.807, 2.05) is 18.2 Å². The van der Waals surface area contributed by atoms with E-state index < -0.39 is 0 Å². The molecule has 0 fully saturated rings. The third kappa shape index (κ3) is 1.47. The Labute approximate surface area is 104 Å². The highest BCUT2D eigenvalue weighted by Gasteiger charge is 2.23. The van der Waals surface area contributed by atoms with Crippen LogP contribution in [0.25, 0.3) is 0 Å². The molecule has 2 aromatic carbocycles. The van der Waals surface area contributed by atoms with Crippen LogP contribution in [0.15, 0.2) is 42.5 Å². The number of carbonyl (C=O) groups excluding carboxylic acids is 1. The van der Waals surface area contributed by atoms with E-state index in [4.69, 9.17) is 10.00 Å². The third-order valence-electron chi connectivity index (χ3n) is 3.01. The maximum Gasteiger partial charge on any atom is 0.197 e. The van der Waals surface area contributed by atoms with Gasteiger partial charge in [-0.3, -0.25) is 4.79 Å². The summed E-state index contributed by atoms with van der Waals surface area (Å²) in [7, 11) is 0. The Morgan fingerprint density at radius 3 is 2.67 bits per heavy atom. The van der Waals surface area contributed by atoms with Gasteiger partial charge in [-0.05, 0) is 12.1 Å². The van der Waals surface area contributed by atoms with Crippen molar-refractivity contribution in [3.8, 4) is 11.8 Å². The fraction of sp³-hybridized carbons (Fsp3) is 0.0667. The number of ketones is 1. The maximum absolute atomic E-state index is 12.4. The molecule has 0 spiro atoms. The van der Waals surface area contributed by atoms with Gasteiger partial charge in [-0.15, -0.1) is 0 Å². The summed E-state index contributed by atoms with van der Waals surface area (Å²) in [6.07, 6.45) is 0. The Morgan fingerprint density at radius 2 is 1.83 bits per heavy atom. The monoisotopic (exact) mass is 235 g/mol. The van der Waals surface area contributed by atoms with Crippen LogP contribution in [0, 0.1) is 11.3 Å². The zero-order valence-electron chi connectivity index (χ0n) is 9.51. The first-order chi connectivity index (χ1) is 8.81. The number of hydrogen-bond donors (Lipinski definition) is 0. The lowest BCUT2D eigenvalue weighted by Crippen LogP contribution is -2.02. The van der Waals surface area contributed by atoms with Gasteiger partial charge in [0.05, 0.1) is 11.1 Å². The van der Waals surface area contributed by atoms with E-state index in [1.54, 1.807) is 24.3 Å². The summed E-state index contributed by atoms with van der Waals surface area (Å²) in [6, 6.07) is 14.5. The molecule has 0 atom stereocenters. The summed E-state index contributed by atoms with van der Waals surface area (Å²) in [4.78, 5) is 12.4. The Hall–Kier alpha value is -2.60. The highest BCUT2D eigenvalue weighted by Crippen LogP contribution is 2.30. The molecule has 0 bridgehead atoms. The number of fused-ring (bicyclic) bond motifs is 2. The smallest absolute Gasteiger partial charge is 0.197 e. The molecule has 18 heavy (non-hydrogen) atoms. The van der Waals surface area contributed by atoms with E-state index in [9.17, 15) is 4.79 Å². The largest absolute Gasteiger partial charge is 0.487 e. The lowest BCUT2D eigenvalue weighted by molar-refractivity contribution is 0.103. The molecule has 2 aromatic rings. The normalized spacial score (nSPS) is 12.7. The van der Waals surface area contributed by atoms with Crippen LogP contribution in [-0.2, 0) is 6.61 Å². The van der Waals surface area contributed by atoms with Crippen LogP contribution in [0.5, 0.6) is 5.75 Å². The number of nitrogens with zero attached hydrogens (tertiary/aromatic N) is 1. The molecule has 0 aliphatic carbocycles. The standard InChI is InChI=1S/C15H9NO2/c16-8-10-5-3-7-13-14(17)12-6-2-1-4-11(12)9-18-15(10)13/h1-7H,9H2. The molecule has 1 aliphatic heterocycles. The summed E-state index contributed by atoms with van der Waals surface area (Å²) in [5, 5.41) is 9.05. The number of ether oxygens (including phenoxy) is 1. The van der Waals surface area contributed by atoms with E-state index in [0.717, 1.165) is 5.56 Å². The molecular weight excluding hydrogens is 226 g/mol. The highest BCUT2D eigenvalue weighted by atomic mass is 16.5. The average molecular weight is 235 g/mol. The second kappa shape index (κ2) is 4.01. The van der Waals surface area contributed by atoms with Gasteiger partial charge < -0.3 is 4.74 Å². The van der Waals surface area contributed by atoms with Crippen LogP contribution in [0.4, 0.5) is 0 Å². The maximum atomic E-state index is 12.4. The van der Waals surface area contributed by atoms with Gasteiger partial charge in [-0.25, -0.2) is 0 Å². The first kappa shape index (κ1) is 10.5. The van der Waals surface area contributed by atoms with E-state index in [-0.39, 0.29) is 5.78 Å². The Morgan fingerprint density at radius 1 is 1.06 bits per heavy atom. The van der Waals surface area contributed by atoms with Gasteiger partial charge in [0.25, 0.3) is 0 Å². The molecule has 3 nitrogen and oxygen atoms in total. The van der Waals surface area contributed by atoms with Gasteiger partial charge in [0.2, 0.25) is 0 Å². The topological polar surface area (TPSA) is 50.1 Å². The zero-order chi connectivity index (χ0) is 12.5. The van der Waals surface area contributed by atoms with Crippen LogP contribution in [0.3, 0.4) is 0 Å². The highest BCUT2D eigenvalue weighted by molar-refractivity contribution is 6.12. The van der Waals surface area contributed by atoms with Crippen molar-refractivity contribution in [1.82, 2.24) is 0 Å². The van der Waals surface area contributed by atoms with Gasteiger partial charge in [0, 0.05) is 11.1 Å². The first-order valence-electron chi connectivity index (χ1n) is 5.60. The predicted octanol–water partition coefficient (Wildman–Crippen LogP) is 2.68. The fourth-order valence-corrected chi connectivity index (χ4v) is 2.12. The molecule has 3 heteroatoms. The zero-order valence-corrected chi connectivity index (χ0v) is 9.51. The Kier molecular flexibility index (Phi) is 2.35. The van der Waals surface area contributed by atoms with Gasteiger partial charge in [-0.2, -0.15) is 5.26 Å². The molecule has 0 N–H and O–H groups in total. The van der Waals surface area contributed by atoms with E-state index in [1.165, 1.54) is 0 Å². The summed E-state index contributed by atoms with van der Waals surface area (Å²) >= 11 is 0. The lowest BCUT2D eigenvalue weighted by Gasteiger charge is -2.07. The minimum Gasteiger partial charge on any atom is -0.487 e. The van der Waals surface area contributed by atoms with Crippen molar-refractivity contribution in [3.05, 3.63) is 64.7 Å². The van der Waals surface area contributed by atoms with Gasteiger partial charge in [-0.1, -0.05) is 30.3 Å². The van der Waals surface area contributed by atoms with E-state index >= 15 is 0 Å². The predicted molar refractivity (Wildman–Crippen MR) is 65.4 cm³/mol. The van der Waals surface area contributed by atoms with Crippen molar-refractivity contribution >= 4 is 5.78 Å². The second-order valence-electron chi connectivity index (χ2n) is 4.07. The summed E-state index contributed by atoms with van der Waals surface area (Å²) in [5.74, 6) is 0.302. The molecule has 86 valence electrons. The van der Waals surface area contributed by atoms with Gasteiger partial charge in [0.15, 0.2) is 5.78 Å². The molecule has 0 aromatic heterocycles. The summed E-state index contributed by atoms with van der Waals surface area (Å²) in [6.45, 7) is 0.313. The van der Waals surface area contributed by atoms with Crippen molar-refractivity contribution in [3.63, 3.8) is 0 Å². The van der Waals surface area contributed by atoms with Crippen LogP contribution >= 0.6 is 0 Å². The molecule has 3 rings (SSSR count). The Balaban J connectivity index is 2.25. The Bertz CT molecular complexity index is 683. The third-order valence-corrected chi connectivity index (χ3v) is 3.01. The summed E-state index contributed by atoms with van der Waals surface area (Å²) in [5.41, 5.74) is 2.35. The molecule has 0 unspecified atom stereocenters. The van der Waals surface area contributed by atoms with Crippen molar-refractivity contribution in [2.75, 3.05) is 0 Å². The molecule has 0 saturated heterocycles. The van der Waals surface area contributed by atoms with Gasteiger partial charge in [0.1, 0.15) is 18.4 Å². The van der Waals surface area contributed by atoms with Crippen LogP contribution in [-0.4, -0.2) is 5.78 Å². The quantitative estimate of drug-likeness (QED) is 0.705. The number of para-hydroxylation sites is 1. The second-order valence-corrected chi connectivity index (χ2v) is 4.07. The number of nitriles is 1. The minimum atomic E-state index is -0.0878. The van der Waals surface area contributed by atoms with Crippen LogP contribution < -0.4 is 4.74 Å². The van der Waals surface area contributed by atoms with Gasteiger partial charge >= 0.3 is 0 Å². The molecule has 0 amide bonds. The lowest BCUT2D eigenvalue weighted by atomic mass is 9.98. The fourth-order valence-electron chi connectivity index (χ4n) is 2.12. The first-order valence-corrected chi connectivity index (χ1v) is 5.60. The average Bonchev–Trinajstić information content (AvgIpc) is 2.57. The van der Waals surface area contributed by atoms with E-state index in [0.29, 0.717) is 29.0 Å². The SMILES string of the molecule is N#Cc1cccc2c1OCc1ccccc1C2=O. The van der Waals surface area contributed by atoms with Crippen LogP contribution in [0.2, 0.25) is 0 Å². The molecular formula is C15H9NO2. The number of hydrogen-bond acceptors (Lipinski definition) is 3. The number of benzene rings is 2. The van der Waals surface area contributed by atoms with Crippen molar-refractivity contribution in [1.29, 1.82) is 5.26 Å². The van der Waals surface area contributed by atoms with Crippen molar-refractivity contribution < 1.29 is 9.53 Å². The van der Waals surface area contributed by atoms with Crippen LogP contribution in [0.1, 0.15) is 27.0 Å². The molecule has 0 saturated carbocycles. The molecule has 1 aliphatic rings. The van der Waals surface area contributed by atoms with Crippen molar-refractivity contribution in [2.24, 2.45) is 0 Å². The summed E-state index contributed by atoms with van der Waals surface area (Å²) < 4.78 is 5.62. The van der Waals surface area contributed by atoms with Crippen molar-refractivity contribution in [2.45, 2.75) is 6.61 Å². The van der Waals surface area contributed by atoms with E-state index in [2.05, 4.69) is 6.07 Å². The minimum absolute atomic E-state index is 0.0878.